The third kappa shape index (κ3) is 3.58. The van der Waals surface area contributed by atoms with Crippen LogP contribution in [0.5, 0.6) is 0 Å². The van der Waals surface area contributed by atoms with Crippen molar-refractivity contribution >= 4 is 10.9 Å². The molecule has 2 rings (SSSR count). The summed E-state index contributed by atoms with van der Waals surface area (Å²) in [4.78, 5) is 0. The lowest BCUT2D eigenvalue weighted by atomic mass is 10.1. The second kappa shape index (κ2) is 7.31. The van der Waals surface area contributed by atoms with Gasteiger partial charge in [0, 0.05) is 33.0 Å². The Morgan fingerprint density at radius 3 is 2.95 bits per heavy atom. The van der Waals surface area contributed by atoms with E-state index in [-0.39, 0.29) is 0 Å². The van der Waals surface area contributed by atoms with Gasteiger partial charge in [-0.25, -0.2) is 0 Å². The van der Waals surface area contributed by atoms with Gasteiger partial charge in [-0.15, -0.1) is 0 Å². The van der Waals surface area contributed by atoms with Gasteiger partial charge in [0.2, 0.25) is 0 Å². The number of rotatable bonds is 8. The zero-order valence-electron chi connectivity index (χ0n) is 12.0. The average molecular weight is 260 g/mol. The molecule has 1 aromatic heterocycles. The molecule has 104 valence electrons. The SMILES string of the molecule is CCCNCc1cccc2ccn(CCCOC)c12. The second-order valence-electron chi connectivity index (χ2n) is 4.89. The van der Waals surface area contributed by atoms with Crippen molar-refractivity contribution in [2.24, 2.45) is 0 Å². The quantitative estimate of drug-likeness (QED) is 0.738. The van der Waals surface area contributed by atoms with Gasteiger partial charge in [-0.2, -0.15) is 0 Å². The molecule has 2 aromatic rings. The van der Waals surface area contributed by atoms with Crippen LogP contribution in [0.1, 0.15) is 25.3 Å². The van der Waals surface area contributed by atoms with Crippen LogP contribution in [-0.4, -0.2) is 24.8 Å². The smallest absolute Gasteiger partial charge is 0.0525 e. The third-order valence-corrected chi connectivity index (χ3v) is 3.36. The molecule has 1 heterocycles. The van der Waals surface area contributed by atoms with E-state index in [1.54, 1.807) is 7.11 Å². The zero-order chi connectivity index (χ0) is 13.5. The lowest BCUT2D eigenvalue weighted by Gasteiger charge is -2.10. The fraction of sp³-hybridized carbons (Fsp3) is 0.500. The first kappa shape index (κ1) is 14.1. The minimum atomic E-state index is 0.815. The highest BCUT2D eigenvalue weighted by atomic mass is 16.5. The molecule has 0 aliphatic carbocycles. The number of nitrogens with one attached hydrogen (secondary N) is 1. The molecule has 0 amide bonds. The van der Waals surface area contributed by atoms with Crippen LogP contribution in [-0.2, 0) is 17.8 Å². The number of benzene rings is 1. The summed E-state index contributed by atoms with van der Waals surface area (Å²) in [6, 6.07) is 8.75. The summed E-state index contributed by atoms with van der Waals surface area (Å²) >= 11 is 0. The Bertz CT molecular complexity index is 504. The first-order valence-electron chi connectivity index (χ1n) is 7.13. The molecule has 0 saturated carbocycles. The maximum atomic E-state index is 5.14. The number of methoxy groups -OCH3 is 1. The van der Waals surface area contributed by atoms with Crippen LogP contribution in [0.2, 0.25) is 0 Å². The van der Waals surface area contributed by atoms with Crippen LogP contribution in [0.15, 0.2) is 30.5 Å². The summed E-state index contributed by atoms with van der Waals surface area (Å²) in [5.41, 5.74) is 2.75. The Hall–Kier alpha value is -1.32. The summed E-state index contributed by atoms with van der Waals surface area (Å²) in [7, 11) is 1.76. The van der Waals surface area contributed by atoms with E-state index in [4.69, 9.17) is 4.74 Å². The minimum absolute atomic E-state index is 0.815. The Labute approximate surface area is 115 Å². The van der Waals surface area contributed by atoms with E-state index in [9.17, 15) is 0 Å². The number of fused-ring (bicyclic) bond motifs is 1. The molecule has 1 aromatic carbocycles. The van der Waals surface area contributed by atoms with E-state index in [0.717, 1.165) is 32.7 Å². The van der Waals surface area contributed by atoms with Crippen LogP contribution >= 0.6 is 0 Å². The number of aromatic nitrogens is 1. The molecule has 0 spiro atoms. The van der Waals surface area contributed by atoms with Gasteiger partial charge < -0.3 is 14.6 Å². The molecule has 0 atom stereocenters. The van der Waals surface area contributed by atoms with Gasteiger partial charge in [0.15, 0.2) is 0 Å². The Morgan fingerprint density at radius 1 is 1.26 bits per heavy atom. The van der Waals surface area contributed by atoms with E-state index < -0.39 is 0 Å². The predicted molar refractivity (Wildman–Crippen MR) is 80.4 cm³/mol. The number of ether oxygens (including phenoxy) is 1. The molecular weight excluding hydrogens is 236 g/mol. The second-order valence-corrected chi connectivity index (χ2v) is 4.89. The normalized spacial score (nSPS) is 11.3. The van der Waals surface area contributed by atoms with E-state index in [1.165, 1.54) is 22.9 Å². The highest BCUT2D eigenvalue weighted by Gasteiger charge is 2.06. The van der Waals surface area contributed by atoms with Gasteiger partial charge in [0.05, 0.1) is 5.52 Å². The zero-order valence-corrected chi connectivity index (χ0v) is 12.0. The molecule has 3 heteroatoms. The molecule has 0 radical (unpaired) electrons. The largest absolute Gasteiger partial charge is 0.385 e. The van der Waals surface area contributed by atoms with Crippen molar-refractivity contribution in [1.82, 2.24) is 9.88 Å². The van der Waals surface area contributed by atoms with Crippen LogP contribution in [0.3, 0.4) is 0 Å². The number of hydrogen-bond acceptors (Lipinski definition) is 2. The topological polar surface area (TPSA) is 26.2 Å². The summed E-state index contributed by atoms with van der Waals surface area (Å²) in [6.45, 7) is 6.04. The van der Waals surface area contributed by atoms with E-state index in [0.29, 0.717) is 0 Å². The Balaban J connectivity index is 2.17. The molecular formula is C16H24N2O. The summed E-state index contributed by atoms with van der Waals surface area (Å²) < 4.78 is 7.48. The van der Waals surface area contributed by atoms with Crippen LogP contribution in [0, 0.1) is 0 Å². The monoisotopic (exact) mass is 260 g/mol. The van der Waals surface area contributed by atoms with Crippen LogP contribution < -0.4 is 5.32 Å². The van der Waals surface area contributed by atoms with E-state index in [1.807, 2.05) is 0 Å². The predicted octanol–water partition coefficient (Wildman–Crippen LogP) is 3.18. The molecule has 0 unspecified atom stereocenters. The van der Waals surface area contributed by atoms with Crippen molar-refractivity contribution in [3.8, 4) is 0 Å². The van der Waals surface area contributed by atoms with Crippen LogP contribution in [0.4, 0.5) is 0 Å². The molecule has 0 aliphatic heterocycles. The molecule has 0 saturated heterocycles. The highest BCUT2D eigenvalue weighted by molar-refractivity contribution is 5.83. The molecule has 0 aliphatic rings. The summed E-state index contributed by atoms with van der Waals surface area (Å²) in [6.07, 6.45) is 4.41. The standard InChI is InChI=1S/C16H24N2O/c1-3-9-17-13-15-7-4-6-14-8-11-18(16(14)15)10-5-12-19-2/h4,6-8,11,17H,3,5,9-10,12-13H2,1-2H3. The first-order chi connectivity index (χ1) is 9.36. The lowest BCUT2D eigenvalue weighted by molar-refractivity contribution is 0.190. The van der Waals surface area contributed by atoms with Crippen molar-refractivity contribution in [2.45, 2.75) is 32.9 Å². The Kier molecular flexibility index (Phi) is 5.43. The van der Waals surface area contributed by atoms with Gasteiger partial charge >= 0.3 is 0 Å². The van der Waals surface area contributed by atoms with E-state index in [2.05, 4.69) is 47.3 Å². The summed E-state index contributed by atoms with van der Waals surface area (Å²) in [5, 5.41) is 4.82. The van der Waals surface area contributed by atoms with Gasteiger partial charge in [0.1, 0.15) is 0 Å². The lowest BCUT2D eigenvalue weighted by Crippen LogP contribution is -2.14. The molecule has 1 N–H and O–H groups in total. The number of nitrogens with zero attached hydrogens (tertiary/aromatic N) is 1. The highest BCUT2D eigenvalue weighted by Crippen LogP contribution is 2.20. The van der Waals surface area contributed by atoms with Gasteiger partial charge in [-0.05, 0) is 36.4 Å². The van der Waals surface area contributed by atoms with Gasteiger partial charge in [-0.3, -0.25) is 0 Å². The van der Waals surface area contributed by atoms with E-state index >= 15 is 0 Å². The number of para-hydroxylation sites is 1. The minimum Gasteiger partial charge on any atom is -0.385 e. The van der Waals surface area contributed by atoms with Gasteiger partial charge in [0.25, 0.3) is 0 Å². The van der Waals surface area contributed by atoms with Crippen molar-refractivity contribution in [1.29, 1.82) is 0 Å². The fourth-order valence-electron chi connectivity index (χ4n) is 2.45. The molecule has 3 nitrogen and oxygen atoms in total. The molecule has 0 fully saturated rings. The van der Waals surface area contributed by atoms with Crippen molar-refractivity contribution in [3.63, 3.8) is 0 Å². The average Bonchev–Trinajstić information content (AvgIpc) is 2.84. The van der Waals surface area contributed by atoms with Crippen molar-refractivity contribution < 1.29 is 4.74 Å². The van der Waals surface area contributed by atoms with Crippen LogP contribution in [0.25, 0.3) is 10.9 Å². The number of aryl methyl sites for hydroxylation is 1. The third-order valence-electron chi connectivity index (χ3n) is 3.36. The maximum absolute atomic E-state index is 5.14. The van der Waals surface area contributed by atoms with Gasteiger partial charge in [-0.1, -0.05) is 25.1 Å². The summed E-state index contributed by atoms with van der Waals surface area (Å²) in [5.74, 6) is 0. The first-order valence-corrected chi connectivity index (χ1v) is 7.13. The van der Waals surface area contributed by atoms with Crippen molar-refractivity contribution in [2.75, 3.05) is 20.3 Å². The Morgan fingerprint density at radius 2 is 2.16 bits per heavy atom. The molecule has 0 bridgehead atoms. The van der Waals surface area contributed by atoms with Crippen molar-refractivity contribution in [3.05, 3.63) is 36.0 Å². The number of hydrogen-bond donors (Lipinski definition) is 1. The molecule has 19 heavy (non-hydrogen) atoms. The fourth-order valence-corrected chi connectivity index (χ4v) is 2.45. The maximum Gasteiger partial charge on any atom is 0.0525 e.